The maximum absolute atomic E-state index is 13.3. The van der Waals surface area contributed by atoms with Gasteiger partial charge in [0.25, 0.3) is 5.91 Å². The molecule has 0 radical (unpaired) electrons. The number of aromatic nitrogens is 1. The summed E-state index contributed by atoms with van der Waals surface area (Å²) in [7, 11) is 0. The molecule has 3 aromatic rings. The van der Waals surface area contributed by atoms with Crippen LogP contribution >= 0.6 is 11.6 Å². The van der Waals surface area contributed by atoms with Gasteiger partial charge in [-0.05, 0) is 42.3 Å². The van der Waals surface area contributed by atoms with Gasteiger partial charge in [-0.25, -0.2) is 4.39 Å². The molecule has 0 saturated heterocycles. The van der Waals surface area contributed by atoms with E-state index in [0.717, 1.165) is 5.56 Å². The SMILES string of the molecule is C[C@@H](OCc1ccccc1)C(=O)N[C@H](Cc1ccc(F)cc1)C(=O)C(=O)NCc1ccc(Cl)cn1. The van der Waals surface area contributed by atoms with Gasteiger partial charge >= 0.3 is 0 Å². The molecule has 0 aliphatic rings. The van der Waals surface area contributed by atoms with Crippen LogP contribution in [-0.2, 0) is 38.7 Å². The second-order valence-electron chi connectivity index (χ2n) is 7.85. The Morgan fingerprint density at radius 2 is 1.71 bits per heavy atom. The number of halogens is 2. The number of amides is 2. The maximum Gasteiger partial charge on any atom is 0.289 e. The monoisotopic (exact) mass is 497 g/mol. The maximum atomic E-state index is 13.3. The van der Waals surface area contributed by atoms with Gasteiger partial charge in [-0.15, -0.1) is 0 Å². The highest BCUT2D eigenvalue weighted by Gasteiger charge is 2.29. The molecule has 0 spiro atoms. The fourth-order valence-electron chi connectivity index (χ4n) is 3.15. The fraction of sp³-hybridized carbons (Fsp3) is 0.231. The van der Waals surface area contributed by atoms with Crippen molar-refractivity contribution in [2.75, 3.05) is 0 Å². The van der Waals surface area contributed by atoms with E-state index in [0.29, 0.717) is 16.3 Å². The van der Waals surface area contributed by atoms with Crippen LogP contribution in [0.2, 0.25) is 5.02 Å². The molecule has 0 fully saturated rings. The number of nitrogens with one attached hydrogen (secondary N) is 2. The van der Waals surface area contributed by atoms with E-state index in [4.69, 9.17) is 16.3 Å². The first-order chi connectivity index (χ1) is 16.8. The Morgan fingerprint density at radius 1 is 1.00 bits per heavy atom. The standard InChI is InChI=1S/C26H25ClFN3O4/c1-17(35-16-19-5-3-2-4-6-19)25(33)31-23(13-18-7-10-21(28)11-8-18)24(32)26(34)30-15-22-12-9-20(27)14-29-22/h2-12,14,17,23H,13,15-16H2,1H3,(H,30,34)(H,31,33)/t17-,23-/m1/s1. The van der Waals surface area contributed by atoms with Crippen LogP contribution in [0.4, 0.5) is 4.39 Å². The van der Waals surface area contributed by atoms with Crippen molar-refractivity contribution in [3.05, 3.63) is 101 Å². The van der Waals surface area contributed by atoms with Gasteiger partial charge < -0.3 is 15.4 Å². The highest BCUT2D eigenvalue weighted by atomic mass is 35.5. The lowest BCUT2D eigenvalue weighted by Crippen LogP contribution is -2.51. The Morgan fingerprint density at radius 3 is 2.37 bits per heavy atom. The Bertz CT molecular complexity index is 1140. The molecule has 0 aliphatic heterocycles. The van der Waals surface area contributed by atoms with E-state index in [1.807, 2.05) is 30.3 Å². The lowest BCUT2D eigenvalue weighted by atomic mass is 10.0. The zero-order valence-electron chi connectivity index (χ0n) is 19.0. The number of pyridine rings is 1. The van der Waals surface area contributed by atoms with Crippen molar-refractivity contribution in [3.8, 4) is 0 Å². The van der Waals surface area contributed by atoms with E-state index in [-0.39, 0.29) is 19.6 Å². The van der Waals surface area contributed by atoms with Crippen molar-refractivity contribution in [3.63, 3.8) is 0 Å². The van der Waals surface area contributed by atoms with Gasteiger partial charge in [0.1, 0.15) is 18.0 Å². The average Bonchev–Trinajstić information content (AvgIpc) is 2.87. The number of nitrogens with zero attached hydrogens (tertiary/aromatic N) is 1. The largest absolute Gasteiger partial charge is 0.364 e. The topological polar surface area (TPSA) is 97.4 Å². The number of carbonyl (C=O) groups is 3. The minimum absolute atomic E-state index is 0.00285. The molecule has 3 rings (SSSR count). The molecule has 35 heavy (non-hydrogen) atoms. The van der Waals surface area contributed by atoms with Gasteiger partial charge in [0.05, 0.1) is 23.9 Å². The van der Waals surface area contributed by atoms with Crippen molar-refractivity contribution < 1.29 is 23.5 Å². The van der Waals surface area contributed by atoms with Crippen LogP contribution in [0.1, 0.15) is 23.7 Å². The molecule has 1 aromatic heterocycles. The van der Waals surface area contributed by atoms with Gasteiger partial charge in [-0.3, -0.25) is 19.4 Å². The molecule has 1 heterocycles. The second-order valence-corrected chi connectivity index (χ2v) is 8.28. The van der Waals surface area contributed by atoms with Gasteiger partial charge in [-0.1, -0.05) is 54.1 Å². The van der Waals surface area contributed by atoms with Crippen molar-refractivity contribution in [2.24, 2.45) is 0 Å². The molecule has 0 unspecified atom stereocenters. The Kier molecular flexibility index (Phi) is 9.46. The lowest BCUT2D eigenvalue weighted by molar-refractivity contribution is -0.141. The summed E-state index contributed by atoms with van der Waals surface area (Å²) in [6.07, 6.45) is 0.558. The number of hydrogen-bond acceptors (Lipinski definition) is 5. The summed E-state index contributed by atoms with van der Waals surface area (Å²) >= 11 is 5.81. The highest BCUT2D eigenvalue weighted by molar-refractivity contribution is 6.38. The molecular formula is C26H25ClFN3O4. The normalized spacial score (nSPS) is 12.4. The van der Waals surface area contributed by atoms with Crippen LogP contribution in [0.15, 0.2) is 72.9 Å². The molecular weight excluding hydrogens is 473 g/mol. The molecule has 2 N–H and O–H groups in total. The van der Waals surface area contributed by atoms with E-state index < -0.39 is 35.6 Å². The summed E-state index contributed by atoms with van der Waals surface area (Å²) in [6, 6.07) is 16.9. The van der Waals surface area contributed by atoms with Gasteiger partial charge in [0.15, 0.2) is 0 Å². The molecule has 0 saturated carbocycles. The Hall–Kier alpha value is -3.62. The van der Waals surface area contributed by atoms with Gasteiger partial charge in [0.2, 0.25) is 11.7 Å². The van der Waals surface area contributed by atoms with Crippen molar-refractivity contribution in [1.29, 1.82) is 0 Å². The fourth-order valence-corrected chi connectivity index (χ4v) is 3.26. The second kappa shape index (κ2) is 12.7. The van der Waals surface area contributed by atoms with Crippen LogP contribution in [0.5, 0.6) is 0 Å². The molecule has 7 nitrogen and oxygen atoms in total. The van der Waals surface area contributed by atoms with E-state index in [9.17, 15) is 18.8 Å². The summed E-state index contributed by atoms with van der Waals surface area (Å²) in [6.45, 7) is 1.78. The molecule has 182 valence electrons. The predicted molar refractivity (Wildman–Crippen MR) is 129 cm³/mol. The lowest BCUT2D eigenvalue weighted by Gasteiger charge is -2.20. The first-order valence-electron chi connectivity index (χ1n) is 10.9. The number of hydrogen-bond donors (Lipinski definition) is 2. The van der Waals surface area contributed by atoms with E-state index in [1.165, 1.54) is 30.5 Å². The first-order valence-corrected chi connectivity index (χ1v) is 11.3. The zero-order valence-corrected chi connectivity index (χ0v) is 19.8. The van der Waals surface area contributed by atoms with Crippen LogP contribution in [0.3, 0.4) is 0 Å². The van der Waals surface area contributed by atoms with Crippen LogP contribution in [0, 0.1) is 5.82 Å². The number of ether oxygens (including phenoxy) is 1. The summed E-state index contributed by atoms with van der Waals surface area (Å²) < 4.78 is 18.9. The van der Waals surface area contributed by atoms with Crippen molar-refractivity contribution >= 4 is 29.2 Å². The molecule has 2 aromatic carbocycles. The summed E-state index contributed by atoms with van der Waals surface area (Å²) in [5.74, 6) is -2.70. The summed E-state index contributed by atoms with van der Waals surface area (Å²) in [5, 5.41) is 5.55. The minimum atomic E-state index is -1.17. The molecule has 2 atom stereocenters. The van der Waals surface area contributed by atoms with Crippen LogP contribution < -0.4 is 10.6 Å². The van der Waals surface area contributed by atoms with Crippen molar-refractivity contribution in [2.45, 2.75) is 38.6 Å². The third-order valence-electron chi connectivity index (χ3n) is 5.14. The molecule has 0 bridgehead atoms. The molecule has 9 heteroatoms. The Labute approximate surface area is 207 Å². The number of Topliss-reactive ketones (excluding diaryl/α,β-unsaturated/α-hetero) is 1. The average molecular weight is 498 g/mol. The number of benzene rings is 2. The van der Waals surface area contributed by atoms with E-state index >= 15 is 0 Å². The predicted octanol–water partition coefficient (Wildman–Crippen LogP) is 3.39. The van der Waals surface area contributed by atoms with Crippen LogP contribution in [-0.4, -0.2) is 34.7 Å². The van der Waals surface area contributed by atoms with E-state index in [2.05, 4.69) is 15.6 Å². The number of carbonyl (C=O) groups excluding carboxylic acids is 3. The van der Waals surface area contributed by atoms with Crippen LogP contribution in [0.25, 0.3) is 0 Å². The summed E-state index contributed by atoms with van der Waals surface area (Å²) in [4.78, 5) is 42.3. The smallest absolute Gasteiger partial charge is 0.289 e. The summed E-state index contributed by atoms with van der Waals surface area (Å²) in [5.41, 5.74) is 1.98. The molecule has 2 amide bonds. The Balaban J connectivity index is 1.65. The zero-order chi connectivity index (χ0) is 25.2. The molecule has 0 aliphatic carbocycles. The van der Waals surface area contributed by atoms with Crippen molar-refractivity contribution in [1.82, 2.24) is 15.6 Å². The van der Waals surface area contributed by atoms with Gasteiger partial charge in [0, 0.05) is 12.6 Å². The van der Waals surface area contributed by atoms with Gasteiger partial charge in [-0.2, -0.15) is 0 Å². The van der Waals surface area contributed by atoms with E-state index in [1.54, 1.807) is 19.1 Å². The number of ketones is 1. The number of rotatable bonds is 11. The third-order valence-corrected chi connectivity index (χ3v) is 5.36. The minimum Gasteiger partial charge on any atom is -0.364 e. The first kappa shape index (κ1) is 26.0. The third kappa shape index (κ3) is 8.27. The quantitative estimate of drug-likeness (QED) is 0.396. The highest BCUT2D eigenvalue weighted by Crippen LogP contribution is 2.09.